The number of hydrogen-bond donors (Lipinski definition) is 0. The Balaban J connectivity index is 2.34. The summed E-state index contributed by atoms with van der Waals surface area (Å²) < 4.78 is 2.65. The number of hydrogen-bond acceptors (Lipinski definition) is 3. The average Bonchev–Trinajstić information content (AvgIpc) is 2.80. The lowest BCUT2D eigenvalue weighted by Gasteiger charge is -2.12. The van der Waals surface area contributed by atoms with Gasteiger partial charge in [0, 0.05) is 16.6 Å². The lowest BCUT2D eigenvalue weighted by atomic mass is 10.1. The lowest BCUT2D eigenvalue weighted by molar-refractivity contribution is 0.102. The highest BCUT2D eigenvalue weighted by Crippen LogP contribution is 2.22. The summed E-state index contributed by atoms with van der Waals surface area (Å²) in [5.74, 6) is -0.105. The molecule has 2 aromatic rings. The molecule has 1 heterocycles. The van der Waals surface area contributed by atoms with Crippen molar-refractivity contribution < 1.29 is 4.79 Å². The largest absolute Gasteiger partial charge is 0.308 e. The molecule has 1 aromatic heterocycles. The Morgan fingerprint density at radius 1 is 1.43 bits per heavy atom. The van der Waals surface area contributed by atoms with E-state index in [1.54, 1.807) is 10.7 Å². The predicted molar refractivity (Wildman–Crippen MR) is 88.1 cm³/mol. The van der Waals surface area contributed by atoms with Gasteiger partial charge in [-0.05, 0) is 44.8 Å². The fourth-order valence-corrected chi connectivity index (χ4v) is 2.45. The highest BCUT2D eigenvalue weighted by molar-refractivity contribution is 9.10. The number of likely N-dealkylation sites (N-methyl/N-ethyl adjacent to an activating group) is 1. The van der Waals surface area contributed by atoms with Gasteiger partial charge < -0.3 is 4.90 Å². The van der Waals surface area contributed by atoms with Crippen LogP contribution in [-0.4, -0.2) is 41.1 Å². The third-order valence-electron chi connectivity index (χ3n) is 3.19. The van der Waals surface area contributed by atoms with Gasteiger partial charge in [0.05, 0.1) is 17.8 Å². The smallest absolute Gasteiger partial charge is 0.212 e. The maximum absolute atomic E-state index is 12.7. The number of aryl methyl sites for hydroxylation is 1. The Hall–Kier alpha value is -1.17. The summed E-state index contributed by atoms with van der Waals surface area (Å²) in [5, 5.41) is 4.59. The highest BCUT2D eigenvalue weighted by Gasteiger charge is 2.19. The van der Waals surface area contributed by atoms with Crippen LogP contribution in [0.15, 0.2) is 28.9 Å². The second-order valence-corrected chi connectivity index (χ2v) is 6.42. The Bertz CT molecular complexity index is 667. The molecule has 112 valence electrons. The first-order chi connectivity index (χ1) is 9.90. The van der Waals surface area contributed by atoms with Gasteiger partial charge in [0.1, 0.15) is 5.69 Å². The monoisotopic (exact) mass is 369 g/mol. The molecule has 0 saturated heterocycles. The molecule has 0 unspecified atom stereocenters. The van der Waals surface area contributed by atoms with E-state index in [0.717, 1.165) is 16.6 Å². The van der Waals surface area contributed by atoms with Gasteiger partial charge in [-0.3, -0.25) is 9.48 Å². The fourth-order valence-electron chi connectivity index (χ4n) is 1.98. The van der Waals surface area contributed by atoms with Gasteiger partial charge in [-0.1, -0.05) is 27.5 Å². The molecule has 21 heavy (non-hydrogen) atoms. The van der Waals surface area contributed by atoms with Crippen LogP contribution in [0.3, 0.4) is 0 Å². The topological polar surface area (TPSA) is 38.1 Å². The number of halogens is 2. The van der Waals surface area contributed by atoms with Crippen LogP contribution in [0.2, 0.25) is 5.02 Å². The van der Waals surface area contributed by atoms with E-state index in [2.05, 4.69) is 21.0 Å². The molecule has 0 aliphatic heterocycles. The molecule has 0 amide bonds. The molecule has 0 aliphatic carbocycles. The van der Waals surface area contributed by atoms with E-state index in [1.165, 1.54) is 6.20 Å². The quantitative estimate of drug-likeness (QED) is 0.757. The SMILES string of the molecule is Cc1cc(C(=O)c2c(Cl)cnn2CCN(C)C)ccc1Br. The predicted octanol–water partition coefficient (Wildman–Crippen LogP) is 3.40. The molecule has 6 heteroatoms. The standard InChI is InChI=1S/C15H17BrClN3O/c1-10-8-11(4-5-12(10)16)15(21)14-13(17)9-18-20(14)7-6-19(2)3/h4-5,8-9H,6-7H2,1-3H3. The minimum atomic E-state index is -0.105. The van der Waals surface area contributed by atoms with Crippen LogP contribution in [0.25, 0.3) is 0 Å². The fraction of sp³-hybridized carbons (Fsp3) is 0.333. The van der Waals surface area contributed by atoms with Crippen molar-refractivity contribution in [3.63, 3.8) is 0 Å². The van der Waals surface area contributed by atoms with Crippen LogP contribution < -0.4 is 0 Å². The van der Waals surface area contributed by atoms with Crippen molar-refractivity contribution in [3.05, 3.63) is 50.7 Å². The van der Waals surface area contributed by atoms with Crippen molar-refractivity contribution in [3.8, 4) is 0 Å². The van der Waals surface area contributed by atoms with Crippen molar-refractivity contribution in [1.29, 1.82) is 0 Å². The second kappa shape index (κ2) is 6.73. The number of rotatable bonds is 5. The van der Waals surface area contributed by atoms with Gasteiger partial charge in [0.25, 0.3) is 0 Å². The van der Waals surface area contributed by atoms with Crippen molar-refractivity contribution in [2.75, 3.05) is 20.6 Å². The van der Waals surface area contributed by atoms with Crippen molar-refractivity contribution in [2.24, 2.45) is 0 Å². The minimum Gasteiger partial charge on any atom is -0.308 e. The number of aromatic nitrogens is 2. The summed E-state index contributed by atoms with van der Waals surface area (Å²) in [7, 11) is 3.95. The van der Waals surface area contributed by atoms with Gasteiger partial charge >= 0.3 is 0 Å². The molecule has 0 N–H and O–H groups in total. The van der Waals surface area contributed by atoms with E-state index >= 15 is 0 Å². The Morgan fingerprint density at radius 3 is 2.76 bits per heavy atom. The molecule has 0 radical (unpaired) electrons. The zero-order chi connectivity index (χ0) is 15.6. The number of carbonyl (C=O) groups is 1. The molecule has 0 atom stereocenters. The zero-order valence-electron chi connectivity index (χ0n) is 12.2. The molecule has 0 fully saturated rings. The van der Waals surface area contributed by atoms with E-state index in [4.69, 9.17) is 11.6 Å². The van der Waals surface area contributed by atoms with E-state index in [9.17, 15) is 4.79 Å². The second-order valence-electron chi connectivity index (χ2n) is 5.16. The minimum absolute atomic E-state index is 0.105. The molecule has 0 saturated carbocycles. The van der Waals surface area contributed by atoms with Gasteiger partial charge in [0.15, 0.2) is 0 Å². The Labute approximate surface area is 137 Å². The van der Waals surface area contributed by atoms with Gasteiger partial charge in [-0.15, -0.1) is 0 Å². The number of nitrogens with zero attached hydrogens (tertiary/aromatic N) is 3. The van der Waals surface area contributed by atoms with Crippen LogP contribution in [0.5, 0.6) is 0 Å². The number of carbonyl (C=O) groups excluding carboxylic acids is 1. The summed E-state index contributed by atoms with van der Waals surface area (Å²) in [5.41, 5.74) is 2.07. The molecule has 1 aromatic carbocycles. The van der Waals surface area contributed by atoms with E-state index in [0.29, 0.717) is 22.8 Å². The first-order valence-corrected chi connectivity index (χ1v) is 7.74. The van der Waals surface area contributed by atoms with Crippen LogP contribution in [0.4, 0.5) is 0 Å². The van der Waals surface area contributed by atoms with Gasteiger partial charge in [0.2, 0.25) is 5.78 Å². The summed E-state index contributed by atoms with van der Waals surface area (Å²) in [4.78, 5) is 14.7. The summed E-state index contributed by atoms with van der Waals surface area (Å²) >= 11 is 9.59. The molecule has 2 rings (SSSR count). The number of benzene rings is 1. The summed E-state index contributed by atoms with van der Waals surface area (Å²) in [6, 6.07) is 5.52. The number of ketones is 1. The molecule has 4 nitrogen and oxygen atoms in total. The molecular formula is C15H17BrClN3O. The highest BCUT2D eigenvalue weighted by atomic mass is 79.9. The van der Waals surface area contributed by atoms with Crippen LogP contribution in [-0.2, 0) is 6.54 Å². The third-order valence-corrected chi connectivity index (χ3v) is 4.36. The van der Waals surface area contributed by atoms with Crippen molar-refractivity contribution in [1.82, 2.24) is 14.7 Å². The third kappa shape index (κ3) is 3.73. The molecular weight excluding hydrogens is 354 g/mol. The zero-order valence-corrected chi connectivity index (χ0v) is 14.6. The first-order valence-electron chi connectivity index (χ1n) is 6.57. The van der Waals surface area contributed by atoms with Crippen LogP contribution >= 0.6 is 27.5 Å². The lowest BCUT2D eigenvalue weighted by Crippen LogP contribution is -2.21. The Kier molecular flexibility index (Phi) is 5.19. The molecule has 0 bridgehead atoms. The molecule has 0 aliphatic rings. The van der Waals surface area contributed by atoms with E-state index < -0.39 is 0 Å². The van der Waals surface area contributed by atoms with Crippen molar-refractivity contribution >= 4 is 33.3 Å². The van der Waals surface area contributed by atoms with Crippen LogP contribution in [0, 0.1) is 6.92 Å². The van der Waals surface area contributed by atoms with Gasteiger partial charge in [-0.2, -0.15) is 5.10 Å². The van der Waals surface area contributed by atoms with Crippen molar-refractivity contribution in [2.45, 2.75) is 13.5 Å². The summed E-state index contributed by atoms with van der Waals surface area (Å²) in [6.45, 7) is 3.36. The molecule has 0 spiro atoms. The van der Waals surface area contributed by atoms with E-state index in [-0.39, 0.29) is 5.78 Å². The first kappa shape index (κ1) is 16.2. The maximum atomic E-state index is 12.7. The van der Waals surface area contributed by atoms with E-state index in [1.807, 2.05) is 38.1 Å². The van der Waals surface area contributed by atoms with Gasteiger partial charge in [-0.25, -0.2) is 0 Å². The Morgan fingerprint density at radius 2 is 2.14 bits per heavy atom. The maximum Gasteiger partial charge on any atom is 0.212 e. The summed E-state index contributed by atoms with van der Waals surface area (Å²) in [6.07, 6.45) is 1.52. The average molecular weight is 371 g/mol. The van der Waals surface area contributed by atoms with Crippen LogP contribution in [0.1, 0.15) is 21.6 Å². The normalized spacial score (nSPS) is 11.1.